The highest BCUT2D eigenvalue weighted by Gasteiger charge is 2.41. The van der Waals surface area contributed by atoms with Crippen molar-refractivity contribution in [3.05, 3.63) is 30.1 Å². The van der Waals surface area contributed by atoms with Gasteiger partial charge in [-0.3, -0.25) is 4.79 Å². The fourth-order valence-corrected chi connectivity index (χ4v) is 2.19. The van der Waals surface area contributed by atoms with Crippen LogP contribution in [0.15, 0.2) is 24.3 Å². The van der Waals surface area contributed by atoms with Crippen molar-refractivity contribution in [1.29, 1.82) is 0 Å². The van der Waals surface area contributed by atoms with Gasteiger partial charge in [-0.1, -0.05) is 12.1 Å². The predicted octanol–water partition coefficient (Wildman–Crippen LogP) is 2.86. The van der Waals surface area contributed by atoms with E-state index in [9.17, 15) is 18.0 Å². The van der Waals surface area contributed by atoms with E-state index < -0.39 is 24.5 Å². The first-order valence-corrected chi connectivity index (χ1v) is 6.36. The van der Waals surface area contributed by atoms with E-state index in [1.165, 1.54) is 0 Å². The molecule has 2 rings (SSSR count). The highest BCUT2D eigenvalue weighted by molar-refractivity contribution is 5.75. The molecule has 1 heterocycles. The maximum Gasteiger partial charge on any atom is 0.392 e. The number of rotatable bonds is 4. The number of halogens is 3. The normalized spacial score (nSPS) is 13.4. The van der Waals surface area contributed by atoms with Crippen LogP contribution in [0.25, 0.3) is 11.0 Å². The number of benzene rings is 1. The monoisotopic (exact) mass is 300 g/mol. The van der Waals surface area contributed by atoms with E-state index in [0.29, 0.717) is 11.3 Å². The maximum atomic E-state index is 13.0. The molecule has 0 saturated carbocycles. The van der Waals surface area contributed by atoms with Crippen molar-refractivity contribution in [3.63, 3.8) is 0 Å². The van der Waals surface area contributed by atoms with Crippen molar-refractivity contribution < 1.29 is 22.7 Å². The predicted molar refractivity (Wildman–Crippen MR) is 70.6 cm³/mol. The summed E-state index contributed by atoms with van der Waals surface area (Å²) in [6, 6.07) is 7.09. The Morgan fingerprint density at radius 2 is 2.05 bits per heavy atom. The number of ether oxygens (including phenoxy) is 1. The molecule has 7 heteroatoms. The van der Waals surface area contributed by atoms with Crippen molar-refractivity contribution >= 4 is 17.0 Å². The molecule has 0 radical (unpaired) electrons. The first-order chi connectivity index (χ1) is 9.82. The van der Waals surface area contributed by atoms with Gasteiger partial charge in [0.25, 0.3) is 0 Å². The van der Waals surface area contributed by atoms with E-state index in [1.807, 2.05) is 0 Å². The Balaban J connectivity index is 2.30. The molecule has 1 aromatic heterocycles. The van der Waals surface area contributed by atoms with Crippen LogP contribution < -0.4 is 0 Å². The quantitative estimate of drug-likeness (QED) is 0.816. The lowest BCUT2D eigenvalue weighted by atomic mass is 10.0. The minimum absolute atomic E-state index is 0.294. The Hall–Kier alpha value is -2.05. The van der Waals surface area contributed by atoms with Crippen LogP contribution in [-0.2, 0) is 23.0 Å². The summed E-state index contributed by atoms with van der Waals surface area (Å²) >= 11 is 0. The molecule has 0 aliphatic heterocycles. The summed E-state index contributed by atoms with van der Waals surface area (Å²) in [6.07, 6.45) is -5.54. The fourth-order valence-electron chi connectivity index (χ4n) is 2.19. The van der Waals surface area contributed by atoms with E-state index >= 15 is 0 Å². The highest BCUT2D eigenvalue weighted by atomic mass is 19.4. The van der Waals surface area contributed by atoms with Crippen LogP contribution in [0.1, 0.15) is 12.2 Å². The zero-order valence-corrected chi connectivity index (χ0v) is 11.6. The van der Waals surface area contributed by atoms with Gasteiger partial charge in [0.1, 0.15) is 5.82 Å². The third-order valence-corrected chi connectivity index (χ3v) is 3.41. The summed E-state index contributed by atoms with van der Waals surface area (Å²) in [7, 11) is 2.74. The Bertz CT molecular complexity index is 649. The third-order valence-electron chi connectivity index (χ3n) is 3.41. The lowest BCUT2D eigenvalue weighted by Crippen LogP contribution is -2.29. The first kappa shape index (κ1) is 15.3. The van der Waals surface area contributed by atoms with Crippen molar-refractivity contribution in [2.45, 2.75) is 19.0 Å². The van der Waals surface area contributed by atoms with E-state index in [0.717, 1.165) is 12.6 Å². The van der Waals surface area contributed by atoms with Gasteiger partial charge in [-0.05, 0) is 12.1 Å². The molecule has 21 heavy (non-hydrogen) atoms. The average Bonchev–Trinajstić information content (AvgIpc) is 2.74. The smallest absolute Gasteiger partial charge is 0.392 e. The molecule has 0 aliphatic carbocycles. The van der Waals surface area contributed by atoms with Gasteiger partial charge in [-0.2, -0.15) is 13.2 Å². The topological polar surface area (TPSA) is 44.1 Å². The van der Waals surface area contributed by atoms with Gasteiger partial charge in [0.2, 0.25) is 0 Å². The summed E-state index contributed by atoms with van der Waals surface area (Å²) in [4.78, 5) is 15.4. The fraction of sp³-hybridized carbons (Fsp3) is 0.429. The number of nitrogens with zero attached hydrogens (tertiary/aromatic N) is 2. The minimum Gasteiger partial charge on any atom is -0.469 e. The number of imidazole rings is 1. The van der Waals surface area contributed by atoms with Crippen molar-refractivity contribution in [2.75, 3.05) is 7.11 Å². The van der Waals surface area contributed by atoms with E-state index in [1.54, 1.807) is 35.9 Å². The van der Waals surface area contributed by atoms with Crippen molar-refractivity contribution in [2.24, 2.45) is 13.0 Å². The largest absolute Gasteiger partial charge is 0.469 e. The number of esters is 1. The molecule has 0 fully saturated rings. The van der Waals surface area contributed by atoms with Crippen LogP contribution in [0.3, 0.4) is 0 Å². The number of carbonyl (C=O) groups excluding carboxylic acids is 1. The van der Waals surface area contributed by atoms with Crippen LogP contribution in [0.5, 0.6) is 0 Å². The number of alkyl halides is 3. The SMILES string of the molecule is COC(=O)C[C@H](Cc1nc2ccccc2n1C)C(F)(F)F. The lowest BCUT2D eigenvalue weighted by Gasteiger charge is -2.18. The number of fused-ring (bicyclic) bond motifs is 1. The Kier molecular flexibility index (Phi) is 4.20. The summed E-state index contributed by atoms with van der Waals surface area (Å²) < 4.78 is 45.1. The molecule has 0 amide bonds. The first-order valence-electron chi connectivity index (χ1n) is 6.36. The molecule has 0 unspecified atom stereocenters. The summed E-state index contributed by atoms with van der Waals surface area (Å²) in [5.41, 5.74) is 1.39. The summed E-state index contributed by atoms with van der Waals surface area (Å²) in [5.74, 6) is -2.39. The molecule has 2 aromatic rings. The van der Waals surface area contributed by atoms with Crippen LogP contribution in [0.2, 0.25) is 0 Å². The number of methoxy groups -OCH3 is 1. The highest BCUT2D eigenvalue weighted by Crippen LogP contribution is 2.32. The molecule has 0 aliphatic rings. The molecule has 4 nitrogen and oxygen atoms in total. The molecule has 1 atom stereocenters. The van der Waals surface area contributed by atoms with Gasteiger partial charge in [-0.15, -0.1) is 0 Å². The number of hydrogen-bond acceptors (Lipinski definition) is 3. The van der Waals surface area contributed by atoms with Gasteiger partial charge in [0, 0.05) is 13.5 Å². The van der Waals surface area contributed by atoms with Gasteiger partial charge in [-0.25, -0.2) is 4.98 Å². The molecule has 0 saturated heterocycles. The van der Waals surface area contributed by atoms with Crippen LogP contribution in [0.4, 0.5) is 13.2 Å². The van der Waals surface area contributed by atoms with Crippen LogP contribution >= 0.6 is 0 Å². The standard InChI is InChI=1S/C14H15F3N2O2/c1-19-11-6-4-3-5-10(11)18-12(19)7-9(14(15,16)17)8-13(20)21-2/h3-6,9H,7-8H2,1-2H3/t9-/m0/s1. The molecule has 0 spiro atoms. The lowest BCUT2D eigenvalue weighted by molar-refractivity contribution is -0.183. The number of aromatic nitrogens is 2. The number of aryl methyl sites for hydroxylation is 1. The Morgan fingerprint density at radius 3 is 2.62 bits per heavy atom. The summed E-state index contributed by atoms with van der Waals surface area (Å²) in [5, 5.41) is 0. The molecule has 114 valence electrons. The maximum absolute atomic E-state index is 13.0. The number of hydrogen-bond donors (Lipinski definition) is 0. The van der Waals surface area contributed by atoms with Crippen LogP contribution in [0, 0.1) is 5.92 Å². The van der Waals surface area contributed by atoms with E-state index in [4.69, 9.17) is 0 Å². The average molecular weight is 300 g/mol. The Labute approximate surface area is 119 Å². The number of carbonyl (C=O) groups is 1. The van der Waals surface area contributed by atoms with E-state index in [-0.39, 0.29) is 6.42 Å². The van der Waals surface area contributed by atoms with Gasteiger partial charge in [0.05, 0.1) is 30.5 Å². The second-order valence-corrected chi connectivity index (χ2v) is 4.80. The number of para-hydroxylation sites is 2. The molecule has 0 N–H and O–H groups in total. The third kappa shape index (κ3) is 3.34. The van der Waals surface area contributed by atoms with Crippen molar-refractivity contribution in [3.8, 4) is 0 Å². The second-order valence-electron chi connectivity index (χ2n) is 4.80. The Morgan fingerprint density at radius 1 is 1.38 bits per heavy atom. The molecular weight excluding hydrogens is 285 g/mol. The zero-order valence-electron chi connectivity index (χ0n) is 11.6. The van der Waals surface area contributed by atoms with Gasteiger partial charge >= 0.3 is 12.1 Å². The van der Waals surface area contributed by atoms with Gasteiger partial charge in [0.15, 0.2) is 0 Å². The van der Waals surface area contributed by atoms with E-state index in [2.05, 4.69) is 9.72 Å². The summed E-state index contributed by atoms with van der Waals surface area (Å²) in [6.45, 7) is 0. The second kappa shape index (κ2) is 5.75. The molecule has 1 aromatic carbocycles. The molecular formula is C14H15F3N2O2. The molecule has 0 bridgehead atoms. The van der Waals surface area contributed by atoms with Gasteiger partial charge < -0.3 is 9.30 Å². The van der Waals surface area contributed by atoms with Crippen molar-refractivity contribution in [1.82, 2.24) is 9.55 Å². The zero-order chi connectivity index (χ0) is 15.6. The minimum atomic E-state index is -4.48. The van der Waals surface area contributed by atoms with Crippen LogP contribution in [-0.4, -0.2) is 28.8 Å².